The number of amides is 1. The van der Waals surface area contributed by atoms with Crippen LogP contribution in [0.1, 0.15) is 11.3 Å². The number of hydrogen-bond acceptors (Lipinski definition) is 3. The minimum atomic E-state index is -0.150. The molecule has 4 heteroatoms. The van der Waals surface area contributed by atoms with Crippen LogP contribution < -0.4 is 5.32 Å². The molecule has 0 spiro atoms. The molecule has 0 saturated carbocycles. The molecule has 0 aliphatic carbocycles. The van der Waals surface area contributed by atoms with E-state index in [-0.39, 0.29) is 18.1 Å². The van der Waals surface area contributed by atoms with Crippen molar-refractivity contribution in [1.29, 1.82) is 0 Å². The second-order valence-electron chi connectivity index (χ2n) is 3.66. The molecular weight excluding hydrogens is 218 g/mol. The summed E-state index contributed by atoms with van der Waals surface area (Å²) in [7, 11) is 0. The number of hydrogen-bond donors (Lipinski definition) is 2. The Morgan fingerprint density at radius 3 is 2.76 bits per heavy atom. The van der Waals surface area contributed by atoms with Gasteiger partial charge in [0.1, 0.15) is 11.5 Å². The maximum absolute atomic E-state index is 11.6. The van der Waals surface area contributed by atoms with E-state index in [0.717, 1.165) is 0 Å². The molecule has 2 rings (SSSR count). The molecule has 0 aliphatic rings. The van der Waals surface area contributed by atoms with Gasteiger partial charge in [0, 0.05) is 5.56 Å². The van der Waals surface area contributed by atoms with Crippen LogP contribution >= 0.6 is 0 Å². The number of para-hydroxylation sites is 1. The Morgan fingerprint density at radius 1 is 1.24 bits per heavy atom. The number of phenols is 1. The Kier molecular flexibility index (Phi) is 3.45. The fourth-order valence-electron chi connectivity index (χ4n) is 1.49. The first-order valence-electron chi connectivity index (χ1n) is 5.31. The van der Waals surface area contributed by atoms with E-state index in [1.54, 1.807) is 42.7 Å². The third kappa shape index (κ3) is 3.11. The van der Waals surface area contributed by atoms with Gasteiger partial charge in [-0.3, -0.25) is 4.79 Å². The Balaban J connectivity index is 1.87. The molecule has 0 bridgehead atoms. The number of carbonyl (C=O) groups is 1. The van der Waals surface area contributed by atoms with E-state index >= 15 is 0 Å². The summed E-state index contributed by atoms with van der Waals surface area (Å²) in [4.78, 5) is 11.6. The third-order valence-corrected chi connectivity index (χ3v) is 2.38. The van der Waals surface area contributed by atoms with Crippen LogP contribution in [0.15, 0.2) is 47.1 Å². The van der Waals surface area contributed by atoms with Crippen molar-refractivity contribution in [2.24, 2.45) is 0 Å². The summed E-state index contributed by atoms with van der Waals surface area (Å²) in [6.45, 7) is 0.361. The van der Waals surface area contributed by atoms with Gasteiger partial charge in [-0.25, -0.2) is 0 Å². The molecule has 2 aromatic rings. The molecular formula is C13H13NO3. The zero-order valence-electron chi connectivity index (χ0n) is 9.22. The van der Waals surface area contributed by atoms with E-state index in [0.29, 0.717) is 17.9 Å². The van der Waals surface area contributed by atoms with Crippen LogP contribution in [0.2, 0.25) is 0 Å². The monoisotopic (exact) mass is 231 g/mol. The highest BCUT2D eigenvalue weighted by molar-refractivity contribution is 5.79. The maximum Gasteiger partial charge on any atom is 0.224 e. The van der Waals surface area contributed by atoms with E-state index in [1.807, 2.05) is 0 Å². The molecule has 88 valence electrons. The molecule has 1 aromatic heterocycles. The summed E-state index contributed by atoms with van der Waals surface area (Å²) in [6.07, 6.45) is 1.72. The Bertz CT molecular complexity index is 491. The zero-order chi connectivity index (χ0) is 12.1. The van der Waals surface area contributed by atoms with Crippen molar-refractivity contribution in [3.8, 4) is 5.75 Å². The highest BCUT2D eigenvalue weighted by Gasteiger charge is 2.07. The van der Waals surface area contributed by atoms with Gasteiger partial charge in [0.2, 0.25) is 5.91 Å². The molecule has 0 aliphatic heterocycles. The molecule has 0 atom stereocenters. The van der Waals surface area contributed by atoms with Crippen molar-refractivity contribution >= 4 is 5.91 Å². The zero-order valence-corrected chi connectivity index (χ0v) is 9.22. The SMILES string of the molecule is O=C(Cc1ccccc1O)NCc1ccco1. The maximum atomic E-state index is 11.6. The van der Waals surface area contributed by atoms with Crippen molar-refractivity contribution < 1.29 is 14.3 Å². The predicted octanol–water partition coefficient (Wildman–Crippen LogP) is 1.84. The standard InChI is InChI=1S/C13H13NO3/c15-12-6-2-1-4-10(12)8-13(16)14-9-11-5-3-7-17-11/h1-7,15H,8-9H2,(H,14,16). The van der Waals surface area contributed by atoms with E-state index in [2.05, 4.69) is 5.32 Å². The van der Waals surface area contributed by atoms with Crippen LogP contribution in [-0.4, -0.2) is 11.0 Å². The minimum Gasteiger partial charge on any atom is -0.508 e. The van der Waals surface area contributed by atoms with E-state index in [4.69, 9.17) is 4.42 Å². The lowest BCUT2D eigenvalue weighted by atomic mass is 10.1. The van der Waals surface area contributed by atoms with Crippen molar-refractivity contribution in [2.75, 3.05) is 0 Å². The number of rotatable bonds is 4. The number of aromatic hydroxyl groups is 1. The average Bonchev–Trinajstić information content (AvgIpc) is 2.82. The first-order chi connectivity index (χ1) is 8.25. The summed E-state index contributed by atoms with van der Waals surface area (Å²) in [5, 5.41) is 12.2. The van der Waals surface area contributed by atoms with Gasteiger partial charge in [0.05, 0.1) is 19.2 Å². The van der Waals surface area contributed by atoms with Gasteiger partial charge in [0.25, 0.3) is 0 Å². The Hall–Kier alpha value is -2.23. The van der Waals surface area contributed by atoms with Crippen LogP contribution in [-0.2, 0) is 17.8 Å². The number of benzene rings is 1. The molecule has 17 heavy (non-hydrogen) atoms. The molecule has 1 amide bonds. The predicted molar refractivity (Wildman–Crippen MR) is 62.4 cm³/mol. The topological polar surface area (TPSA) is 62.5 Å². The average molecular weight is 231 g/mol. The molecule has 4 nitrogen and oxygen atoms in total. The summed E-state index contributed by atoms with van der Waals surface area (Å²) in [5.74, 6) is 0.694. The van der Waals surface area contributed by atoms with Gasteiger partial charge < -0.3 is 14.8 Å². The quantitative estimate of drug-likeness (QED) is 0.844. The van der Waals surface area contributed by atoms with E-state index in [1.165, 1.54) is 0 Å². The molecule has 1 aromatic carbocycles. The van der Waals surface area contributed by atoms with Gasteiger partial charge in [-0.15, -0.1) is 0 Å². The van der Waals surface area contributed by atoms with Crippen LogP contribution in [0.4, 0.5) is 0 Å². The number of phenolic OH excluding ortho intramolecular Hbond substituents is 1. The van der Waals surface area contributed by atoms with Gasteiger partial charge in [-0.1, -0.05) is 18.2 Å². The van der Waals surface area contributed by atoms with Crippen LogP contribution in [0.5, 0.6) is 5.75 Å². The summed E-state index contributed by atoms with van der Waals surface area (Å²) in [5.41, 5.74) is 0.615. The summed E-state index contributed by atoms with van der Waals surface area (Å²) in [6, 6.07) is 10.4. The van der Waals surface area contributed by atoms with Crippen molar-refractivity contribution in [2.45, 2.75) is 13.0 Å². The third-order valence-electron chi connectivity index (χ3n) is 2.38. The number of furan rings is 1. The van der Waals surface area contributed by atoms with Crippen LogP contribution in [0.25, 0.3) is 0 Å². The first kappa shape index (κ1) is 11.3. The second-order valence-corrected chi connectivity index (χ2v) is 3.66. The molecule has 2 N–H and O–H groups in total. The van der Waals surface area contributed by atoms with Gasteiger partial charge in [-0.05, 0) is 18.2 Å². The van der Waals surface area contributed by atoms with Gasteiger partial charge in [-0.2, -0.15) is 0 Å². The lowest BCUT2D eigenvalue weighted by molar-refractivity contribution is -0.120. The Labute approximate surface area is 98.9 Å². The van der Waals surface area contributed by atoms with Crippen molar-refractivity contribution in [1.82, 2.24) is 5.32 Å². The second kappa shape index (κ2) is 5.21. The minimum absolute atomic E-state index is 0.139. The van der Waals surface area contributed by atoms with E-state index in [9.17, 15) is 9.90 Å². The summed E-state index contributed by atoms with van der Waals surface area (Å²) < 4.78 is 5.09. The molecule has 0 fully saturated rings. The first-order valence-corrected chi connectivity index (χ1v) is 5.31. The molecule has 1 heterocycles. The molecule has 0 saturated heterocycles. The fourth-order valence-corrected chi connectivity index (χ4v) is 1.49. The van der Waals surface area contributed by atoms with Crippen molar-refractivity contribution in [3.05, 3.63) is 54.0 Å². The Morgan fingerprint density at radius 2 is 2.06 bits per heavy atom. The largest absolute Gasteiger partial charge is 0.508 e. The highest BCUT2D eigenvalue weighted by atomic mass is 16.3. The van der Waals surface area contributed by atoms with Crippen LogP contribution in [0.3, 0.4) is 0 Å². The number of nitrogens with one attached hydrogen (secondary N) is 1. The number of carbonyl (C=O) groups excluding carboxylic acids is 1. The summed E-state index contributed by atoms with van der Waals surface area (Å²) >= 11 is 0. The van der Waals surface area contributed by atoms with Crippen molar-refractivity contribution in [3.63, 3.8) is 0 Å². The molecule has 0 unspecified atom stereocenters. The normalized spacial score (nSPS) is 10.1. The lowest BCUT2D eigenvalue weighted by Gasteiger charge is -2.05. The fraction of sp³-hybridized carbons (Fsp3) is 0.154. The van der Waals surface area contributed by atoms with Crippen LogP contribution in [0, 0.1) is 0 Å². The lowest BCUT2D eigenvalue weighted by Crippen LogP contribution is -2.24. The highest BCUT2D eigenvalue weighted by Crippen LogP contribution is 2.15. The molecule has 0 radical (unpaired) electrons. The smallest absolute Gasteiger partial charge is 0.224 e. The van der Waals surface area contributed by atoms with Gasteiger partial charge >= 0.3 is 0 Å². The van der Waals surface area contributed by atoms with E-state index < -0.39 is 0 Å². The van der Waals surface area contributed by atoms with Gasteiger partial charge in [0.15, 0.2) is 0 Å².